The molecule has 0 aliphatic heterocycles. The van der Waals surface area contributed by atoms with Gasteiger partial charge in [-0.15, -0.1) is 0 Å². The molecule has 1 nitrogen and oxygen atoms in total. The third-order valence-electron chi connectivity index (χ3n) is 6.24. The number of hydrogen-bond donors (Lipinski definition) is 1. The molecule has 0 spiro atoms. The fourth-order valence-corrected chi connectivity index (χ4v) is 4.39. The lowest BCUT2D eigenvalue weighted by Crippen LogP contribution is -2.28. The Morgan fingerprint density at radius 3 is 2.04 bits per heavy atom. The normalized spacial score (nSPS) is 22.3. The van der Waals surface area contributed by atoms with Crippen molar-refractivity contribution in [3.8, 4) is 0 Å². The Hall–Kier alpha value is -1.34. The summed E-state index contributed by atoms with van der Waals surface area (Å²) in [6, 6.07) is 13.7. The van der Waals surface area contributed by atoms with Crippen molar-refractivity contribution in [2.75, 3.05) is 0 Å². The minimum Gasteiger partial charge on any atom is -0.322 e. The van der Waals surface area contributed by atoms with E-state index in [1.165, 1.54) is 54.0 Å². The molecule has 0 atom stereocenters. The zero-order valence-corrected chi connectivity index (χ0v) is 16.7. The summed E-state index contributed by atoms with van der Waals surface area (Å²) in [5.41, 5.74) is 9.13. The topological polar surface area (TPSA) is 26.0 Å². The van der Waals surface area contributed by atoms with Crippen molar-refractivity contribution in [3.63, 3.8) is 0 Å². The van der Waals surface area contributed by atoms with Gasteiger partial charge in [-0.05, 0) is 91.2 Å². The second-order valence-corrected chi connectivity index (χ2v) is 9.91. The summed E-state index contributed by atoms with van der Waals surface area (Å²) < 4.78 is 0. The number of fused-ring (bicyclic) bond motifs is 1. The number of nitrogens with two attached hydrogens (primary N) is 1. The molecule has 0 heterocycles. The molecule has 25 heavy (non-hydrogen) atoms. The smallest absolute Gasteiger partial charge is 0.0352 e. The fourth-order valence-electron chi connectivity index (χ4n) is 4.39. The Morgan fingerprint density at radius 1 is 0.840 bits per heavy atom. The van der Waals surface area contributed by atoms with Gasteiger partial charge >= 0.3 is 0 Å². The molecule has 0 radical (unpaired) electrons. The second-order valence-electron chi connectivity index (χ2n) is 9.91. The Bertz CT molecular complexity index is 722. The summed E-state index contributed by atoms with van der Waals surface area (Å²) in [5.74, 6) is 1.76. The largest absolute Gasteiger partial charge is 0.322 e. The van der Waals surface area contributed by atoms with Crippen molar-refractivity contribution < 1.29 is 0 Å². The van der Waals surface area contributed by atoms with E-state index in [-0.39, 0.29) is 5.54 Å². The molecular formula is C24H35N. The summed E-state index contributed by atoms with van der Waals surface area (Å²) in [6.45, 7) is 11.3. The molecule has 0 bridgehead atoms. The summed E-state index contributed by atoms with van der Waals surface area (Å²) >= 11 is 0. The monoisotopic (exact) mass is 337 g/mol. The molecule has 0 amide bonds. The first-order valence-corrected chi connectivity index (χ1v) is 9.95. The van der Waals surface area contributed by atoms with Crippen molar-refractivity contribution >= 4 is 10.8 Å². The van der Waals surface area contributed by atoms with Gasteiger partial charge in [0, 0.05) is 5.54 Å². The molecule has 2 N–H and O–H groups in total. The van der Waals surface area contributed by atoms with Gasteiger partial charge in [0.05, 0.1) is 0 Å². The first-order valence-electron chi connectivity index (χ1n) is 9.95. The molecule has 0 unspecified atom stereocenters. The van der Waals surface area contributed by atoms with Gasteiger partial charge in [-0.25, -0.2) is 0 Å². The van der Waals surface area contributed by atoms with E-state index >= 15 is 0 Å². The Balaban J connectivity index is 1.69. The van der Waals surface area contributed by atoms with Gasteiger partial charge in [-0.2, -0.15) is 0 Å². The third kappa shape index (κ3) is 4.44. The van der Waals surface area contributed by atoms with Crippen LogP contribution in [0, 0.1) is 17.3 Å². The lowest BCUT2D eigenvalue weighted by atomic mass is 9.69. The lowest BCUT2D eigenvalue weighted by molar-refractivity contribution is 0.150. The van der Waals surface area contributed by atoms with Gasteiger partial charge < -0.3 is 5.73 Å². The fraction of sp³-hybridized carbons (Fsp3) is 0.583. The van der Waals surface area contributed by atoms with Gasteiger partial charge in [0.2, 0.25) is 0 Å². The maximum atomic E-state index is 6.24. The molecule has 136 valence electrons. The molecule has 2 aromatic carbocycles. The van der Waals surface area contributed by atoms with Gasteiger partial charge in [-0.1, -0.05) is 51.1 Å². The van der Waals surface area contributed by atoms with E-state index < -0.39 is 0 Å². The predicted octanol–water partition coefficient (Wildman–Crippen LogP) is 6.43. The van der Waals surface area contributed by atoms with E-state index in [1.807, 2.05) is 0 Å². The van der Waals surface area contributed by atoms with Crippen LogP contribution in [0.4, 0.5) is 0 Å². The van der Waals surface area contributed by atoms with Crippen molar-refractivity contribution in [1.29, 1.82) is 0 Å². The van der Waals surface area contributed by atoms with Crippen LogP contribution in [0.1, 0.15) is 71.4 Å². The van der Waals surface area contributed by atoms with Gasteiger partial charge in [0.1, 0.15) is 0 Å². The molecule has 0 aromatic heterocycles. The second kappa shape index (κ2) is 6.76. The van der Waals surface area contributed by atoms with Crippen LogP contribution in [0.25, 0.3) is 10.8 Å². The highest BCUT2D eigenvalue weighted by molar-refractivity contribution is 5.84. The highest BCUT2D eigenvalue weighted by Gasteiger charge is 2.29. The molecule has 1 heteroatoms. The molecular weight excluding hydrogens is 302 g/mol. The van der Waals surface area contributed by atoms with E-state index in [4.69, 9.17) is 5.73 Å². The summed E-state index contributed by atoms with van der Waals surface area (Å²) in [6.07, 6.45) is 6.81. The van der Waals surface area contributed by atoms with E-state index in [0.717, 1.165) is 11.8 Å². The van der Waals surface area contributed by atoms with Crippen molar-refractivity contribution in [3.05, 3.63) is 47.5 Å². The first kappa shape index (κ1) is 18.5. The summed E-state index contributed by atoms with van der Waals surface area (Å²) in [5, 5.41) is 2.64. The quantitative estimate of drug-likeness (QED) is 0.686. The van der Waals surface area contributed by atoms with Crippen LogP contribution < -0.4 is 5.73 Å². The van der Waals surface area contributed by atoms with Crippen molar-refractivity contribution in [2.45, 2.75) is 72.3 Å². The molecule has 1 aliphatic carbocycles. The van der Waals surface area contributed by atoms with E-state index in [9.17, 15) is 0 Å². The summed E-state index contributed by atoms with van der Waals surface area (Å²) in [7, 11) is 0. The lowest BCUT2D eigenvalue weighted by Gasteiger charge is -2.37. The van der Waals surface area contributed by atoms with Crippen LogP contribution in [0.5, 0.6) is 0 Å². The Morgan fingerprint density at radius 2 is 1.44 bits per heavy atom. The molecule has 1 saturated carbocycles. The van der Waals surface area contributed by atoms with Crippen LogP contribution in [-0.2, 0) is 12.0 Å². The van der Waals surface area contributed by atoms with Gasteiger partial charge in [0.15, 0.2) is 0 Å². The Kier molecular flexibility index (Phi) is 4.99. The molecule has 1 aliphatic rings. The van der Waals surface area contributed by atoms with Crippen molar-refractivity contribution in [1.82, 2.24) is 0 Å². The average molecular weight is 338 g/mol. The number of hydrogen-bond acceptors (Lipinski definition) is 1. The SMILES string of the molecule is CC(C)(N)c1ccc2cc(CC3CCC(C(C)(C)C)CC3)ccc2c1. The predicted molar refractivity (Wildman–Crippen MR) is 110 cm³/mol. The first-order chi connectivity index (χ1) is 11.6. The van der Waals surface area contributed by atoms with E-state index in [0.29, 0.717) is 5.41 Å². The van der Waals surface area contributed by atoms with Crippen LogP contribution in [-0.4, -0.2) is 0 Å². The van der Waals surface area contributed by atoms with Crippen LogP contribution in [0.15, 0.2) is 36.4 Å². The van der Waals surface area contributed by atoms with Gasteiger partial charge in [0.25, 0.3) is 0 Å². The minimum atomic E-state index is -0.279. The zero-order chi connectivity index (χ0) is 18.2. The van der Waals surface area contributed by atoms with Crippen molar-refractivity contribution in [2.24, 2.45) is 23.0 Å². The van der Waals surface area contributed by atoms with Crippen LogP contribution >= 0.6 is 0 Å². The standard InChI is InChI=1S/C24H35N/c1-23(2,3)21-11-7-17(8-12-21)14-18-6-9-20-16-22(24(4,5)25)13-10-19(20)15-18/h6,9-10,13,15-17,21H,7-8,11-12,14,25H2,1-5H3. The maximum absolute atomic E-state index is 6.24. The molecule has 1 fully saturated rings. The van der Waals surface area contributed by atoms with Crippen LogP contribution in [0.2, 0.25) is 0 Å². The number of benzene rings is 2. The molecule has 2 aromatic rings. The zero-order valence-electron chi connectivity index (χ0n) is 16.7. The molecule has 0 saturated heterocycles. The summed E-state index contributed by atoms with van der Waals surface area (Å²) in [4.78, 5) is 0. The highest BCUT2D eigenvalue weighted by atomic mass is 14.7. The third-order valence-corrected chi connectivity index (χ3v) is 6.24. The highest BCUT2D eigenvalue weighted by Crippen LogP contribution is 2.40. The Labute approximate surface area is 154 Å². The minimum absolute atomic E-state index is 0.279. The number of rotatable bonds is 3. The van der Waals surface area contributed by atoms with E-state index in [1.54, 1.807) is 0 Å². The average Bonchev–Trinajstić information content (AvgIpc) is 2.53. The maximum Gasteiger partial charge on any atom is 0.0352 e. The van der Waals surface area contributed by atoms with Crippen LogP contribution in [0.3, 0.4) is 0 Å². The van der Waals surface area contributed by atoms with E-state index in [2.05, 4.69) is 71.0 Å². The molecule has 3 rings (SSSR count). The van der Waals surface area contributed by atoms with Gasteiger partial charge in [-0.3, -0.25) is 0 Å².